The van der Waals surface area contributed by atoms with Crippen LogP contribution in [0.15, 0.2) is 24.3 Å². The maximum Gasteiger partial charge on any atom is 0.416 e. The lowest BCUT2D eigenvalue weighted by Gasteiger charge is -2.13. The van der Waals surface area contributed by atoms with Crippen molar-refractivity contribution in [1.82, 2.24) is 0 Å². The van der Waals surface area contributed by atoms with Crippen LogP contribution in [0.25, 0.3) is 0 Å². The van der Waals surface area contributed by atoms with Crippen LogP contribution in [-0.4, -0.2) is 26.0 Å². The minimum atomic E-state index is -4.35. The van der Waals surface area contributed by atoms with Gasteiger partial charge in [-0.25, -0.2) is 8.42 Å². The van der Waals surface area contributed by atoms with Crippen molar-refractivity contribution in [2.24, 2.45) is 0 Å². The van der Waals surface area contributed by atoms with Crippen molar-refractivity contribution in [3.8, 4) is 0 Å². The second kappa shape index (κ2) is 5.03. The molecule has 2 rings (SSSR count). The van der Waals surface area contributed by atoms with Gasteiger partial charge >= 0.3 is 6.18 Å². The van der Waals surface area contributed by atoms with Crippen LogP contribution in [0.1, 0.15) is 18.4 Å². The fourth-order valence-electron chi connectivity index (χ4n) is 2.10. The molecule has 1 unspecified atom stereocenters. The van der Waals surface area contributed by atoms with Gasteiger partial charge in [0.1, 0.15) is 0 Å². The van der Waals surface area contributed by atoms with Gasteiger partial charge in [-0.3, -0.25) is 0 Å². The summed E-state index contributed by atoms with van der Waals surface area (Å²) in [5.74, 6) is 0.201. The van der Waals surface area contributed by atoms with Gasteiger partial charge in [0.2, 0.25) is 0 Å². The van der Waals surface area contributed by atoms with Gasteiger partial charge in [-0.1, -0.05) is 0 Å². The summed E-state index contributed by atoms with van der Waals surface area (Å²) in [7, 11) is -3.03. The largest absolute Gasteiger partial charge is 0.416 e. The summed E-state index contributed by atoms with van der Waals surface area (Å²) in [5.41, 5.74) is -0.221. The second-order valence-electron chi connectivity index (χ2n) is 4.59. The molecule has 0 aromatic heterocycles. The molecule has 0 spiro atoms. The Morgan fingerprint density at radius 2 is 1.84 bits per heavy atom. The maximum atomic E-state index is 12.4. The fraction of sp³-hybridized carbons (Fsp3) is 0.500. The van der Waals surface area contributed by atoms with E-state index in [0.717, 1.165) is 12.1 Å². The molecule has 0 bridgehead atoms. The van der Waals surface area contributed by atoms with Crippen molar-refractivity contribution in [3.63, 3.8) is 0 Å². The molecule has 19 heavy (non-hydrogen) atoms. The number of anilines is 1. The van der Waals surface area contributed by atoms with Crippen LogP contribution in [0, 0.1) is 0 Å². The number of hydrogen-bond acceptors (Lipinski definition) is 3. The van der Waals surface area contributed by atoms with Gasteiger partial charge in [-0.15, -0.1) is 0 Å². The van der Waals surface area contributed by atoms with Gasteiger partial charge in [-0.2, -0.15) is 13.2 Å². The van der Waals surface area contributed by atoms with Crippen LogP contribution in [0.4, 0.5) is 18.9 Å². The smallest absolute Gasteiger partial charge is 0.384 e. The third-order valence-electron chi connectivity index (χ3n) is 3.21. The SMILES string of the molecule is O=S1(=O)CCCC1CNc1ccc(C(F)(F)F)cc1. The van der Waals surface area contributed by atoms with Gasteiger partial charge < -0.3 is 5.32 Å². The zero-order chi connectivity index (χ0) is 14.1. The highest BCUT2D eigenvalue weighted by Gasteiger charge is 2.31. The number of benzene rings is 1. The lowest BCUT2D eigenvalue weighted by Crippen LogP contribution is -2.25. The van der Waals surface area contributed by atoms with Crippen LogP contribution < -0.4 is 5.32 Å². The number of hydrogen-bond donors (Lipinski definition) is 1. The molecule has 0 aliphatic carbocycles. The van der Waals surface area contributed by atoms with Crippen molar-refractivity contribution < 1.29 is 21.6 Å². The Balaban J connectivity index is 1.97. The second-order valence-corrected chi connectivity index (χ2v) is 6.99. The van der Waals surface area contributed by atoms with E-state index in [1.807, 2.05) is 0 Å². The third-order valence-corrected chi connectivity index (χ3v) is 5.48. The van der Waals surface area contributed by atoms with E-state index < -0.39 is 26.8 Å². The van der Waals surface area contributed by atoms with Crippen molar-refractivity contribution in [2.45, 2.75) is 24.3 Å². The highest BCUT2D eigenvalue weighted by Crippen LogP contribution is 2.30. The van der Waals surface area contributed by atoms with Gasteiger partial charge in [0.05, 0.1) is 16.6 Å². The first-order valence-electron chi connectivity index (χ1n) is 5.92. The normalized spacial score (nSPS) is 22.4. The van der Waals surface area contributed by atoms with Crippen molar-refractivity contribution in [1.29, 1.82) is 0 Å². The minimum Gasteiger partial charge on any atom is -0.384 e. The van der Waals surface area contributed by atoms with E-state index in [4.69, 9.17) is 0 Å². The predicted octanol–water partition coefficient (Wildman–Crippen LogP) is 2.69. The molecule has 1 aromatic carbocycles. The average Bonchev–Trinajstić information content (AvgIpc) is 2.65. The number of halogens is 3. The first kappa shape index (κ1) is 14.2. The van der Waals surface area contributed by atoms with E-state index >= 15 is 0 Å². The molecule has 1 aliphatic rings. The zero-order valence-corrected chi connectivity index (χ0v) is 10.9. The van der Waals surface area contributed by atoms with Crippen LogP contribution >= 0.6 is 0 Å². The molecule has 0 saturated carbocycles. The average molecular weight is 293 g/mol. The highest BCUT2D eigenvalue weighted by atomic mass is 32.2. The van der Waals surface area contributed by atoms with Crippen LogP contribution in [0.2, 0.25) is 0 Å². The third kappa shape index (κ3) is 3.40. The lowest BCUT2D eigenvalue weighted by atomic mass is 10.2. The van der Waals surface area contributed by atoms with E-state index in [9.17, 15) is 21.6 Å². The standard InChI is InChI=1S/C12H14F3NO2S/c13-12(14,15)9-3-5-10(6-4-9)16-8-11-2-1-7-19(11,17)18/h3-6,11,16H,1-2,7-8H2. The lowest BCUT2D eigenvalue weighted by molar-refractivity contribution is -0.137. The molecule has 106 valence electrons. The van der Waals surface area contributed by atoms with Crippen molar-refractivity contribution in [3.05, 3.63) is 29.8 Å². The number of rotatable bonds is 3. The fourth-order valence-corrected chi connectivity index (χ4v) is 3.86. The van der Waals surface area contributed by atoms with E-state index in [1.165, 1.54) is 12.1 Å². The Labute approximate surface area is 109 Å². The number of sulfone groups is 1. The topological polar surface area (TPSA) is 46.2 Å². The van der Waals surface area contributed by atoms with E-state index in [-0.39, 0.29) is 12.3 Å². The summed E-state index contributed by atoms with van der Waals surface area (Å²) in [6.45, 7) is 0.244. The van der Waals surface area contributed by atoms with Crippen LogP contribution in [0.3, 0.4) is 0 Å². The Morgan fingerprint density at radius 3 is 2.32 bits per heavy atom. The van der Waals surface area contributed by atoms with Gasteiger partial charge in [0.25, 0.3) is 0 Å². The summed E-state index contributed by atoms with van der Waals surface area (Å²) >= 11 is 0. The maximum absolute atomic E-state index is 12.4. The number of nitrogens with one attached hydrogen (secondary N) is 1. The van der Waals surface area contributed by atoms with Crippen molar-refractivity contribution in [2.75, 3.05) is 17.6 Å². The molecule has 1 fully saturated rings. The Kier molecular flexibility index (Phi) is 3.75. The molecule has 0 radical (unpaired) electrons. The highest BCUT2D eigenvalue weighted by molar-refractivity contribution is 7.92. The molecule has 3 nitrogen and oxygen atoms in total. The van der Waals surface area contributed by atoms with E-state index in [2.05, 4.69) is 5.32 Å². The van der Waals surface area contributed by atoms with Gasteiger partial charge in [-0.05, 0) is 37.1 Å². The molecule has 1 heterocycles. The first-order valence-corrected chi connectivity index (χ1v) is 7.63. The molecule has 7 heteroatoms. The molecule has 0 amide bonds. The quantitative estimate of drug-likeness (QED) is 0.932. The van der Waals surface area contributed by atoms with Gasteiger partial charge in [0.15, 0.2) is 9.84 Å². The van der Waals surface area contributed by atoms with Crippen molar-refractivity contribution >= 4 is 15.5 Å². The molecule has 1 aromatic rings. The summed E-state index contributed by atoms with van der Waals surface area (Å²) in [5, 5.41) is 2.44. The van der Waals surface area contributed by atoms with Crippen LogP contribution in [-0.2, 0) is 16.0 Å². The number of alkyl halides is 3. The molecule has 1 N–H and O–H groups in total. The molecule has 1 saturated heterocycles. The predicted molar refractivity (Wildman–Crippen MR) is 66.7 cm³/mol. The molecular weight excluding hydrogens is 279 g/mol. The Bertz CT molecular complexity index is 537. The van der Waals surface area contributed by atoms with E-state index in [1.54, 1.807) is 0 Å². The Morgan fingerprint density at radius 1 is 1.21 bits per heavy atom. The molecule has 1 aliphatic heterocycles. The first-order chi connectivity index (χ1) is 8.79. The van der Waals surface area contributed by atoms with E-state index in [0.29, 0.717) is 18.5 Å². The molecular formula is C12H14F3NO2S. The summed E-state index contributed by atoms with van der Waals surface area (Å²) < 4.78 is 60.2. The summed E-state index contributed by atoms with van der Waals surface area (Å²) in [4.78, 5) is 0. The van der Waals surface area contributed by atoms with Gasteiger partial charge in [0, 0.05) is 12.2 Å². The minimum absolute atomic E-state index is 0.201. The summed E-state index contributed by atoms with van der Waals surface area (Å²) in [6, 6.07) is 4.58. The van der Waals surface area contributed by atoms with Crippen LogP contribution in [0.5, 0.6) is 0 Å². The zero-order valence-electron chi connectivity index (χ0n) is 10.1. The Hall–Kier alpha value is -1.24. The summed E-state index contributed by atoms with van der Waals surface area (Å²) in [6.07, 6.45) is -3.09. The molecule has 1 atom stereocenters. The monoisotopic (exact) mass is 293 g/mol.